The van der Waals surface area contributed by atoms with Crippen LogP contribution in [0.1, 0.15) is 12.8 Å². The van der Waals surface area contributed by atoms with Crippen LogP contribution >= 0.6 is 0 Å². The summed E-state index contributed by atoms with van der Waals surface area (Å²) in [4.78, 5) is 22.4. The van der Waals surface area contributed by atoms with E-state index in [9.17, 15) is 18.4 Å². The van der Waals surface area contributed by atoms with E-state index in [4.69, 9.17) is 0 Å². The van der Waals surface area contributed by atoms with Gasteiger partial charge in [-0.2, -0.15) is 0 Å². The highest BCUT2D eigenvalue weighted by Gasteiger charge is 2.23. The standard InChI is InChI=1S/C10H16F2N2O3/c11-8(12)6-17-4-3-13-10(16)7-1-2-9(15)14-5-7/h7-8H,1-6H2,(H,13,16)(H,14,15). The monoisotopic (exact) mass is 250 g/mol. The Hall–Kier alpha value is -1.24. The number of carbonyl (C=O) groups excluding carboxylic acids is 2. The molecule has 1 saturated heterocycles. The maximum Gasteiger partial charge on any atom is 0.261 e. The summed E-state index contributed by atoms with van der Waals surface area (Å²) in [5.41, 5.74) is 0. The van der Waals surface area contributed by atoms with Crippen molar-refractivity contribution >= 4 is 11.8 Å². The Morgan fingerprint density at radius 2 is 2.35 bits per heavy atom. The van der Waals surface area contributed by atoms with Crippen LogP contribution in [0.25, 0.3) is 0 Å². The van der Waals surface area contributed by atoms with E-state index in [-0.39, 0.29) is 30.9 Å². The van der Waals surface area contributed by atoms with Gasteiger partial charge in [0.2, 0.25) is 11.8 Å². The molecule has 7 heteroatoms. The Bertz CT molecular complexity index is 264. The van der Waals surface area contributed by atoms with Crippen LogP contribution in [0.15, 0.2) is 0 Å². The van der Waals surface area contributed by atoms with Gasteiger partial charge in [0.1, 0.15) is 6.61 Å². The highest BCUT2D eigenvalue weighted by Crippen LogP contribution is 2.10. The zero-order valence-electron chi connectivity index (χ0n) is 9.38. The zero-order valence-corrected chi connectivity index (χ0v) is 9.38. The molecule has 5 nitrogen and oxygen atoms in total. The molecule has 1 atom stereocenters. The Kier molecular flexibility index (Phi) is 5.82. The topological polar surface area (TPSA) is 67.4 Å². The second-order valence-corrected chi connectivity index (χ2v) is 3.80. The molecule has 2 amide bonds. The van der Waals surface area contributed by atoms with Gasteiger partial charge in [-0.25, -0.2) is 8.78 Å². The van der Waals surface area contributed by atoms with Gasteiger partial charge in [0.15, 0.2) is 0 Å². The first-order chi connectivity index (χ1) is 8.09. The first-order valence-corrected chi connectivity index (χ1v) is 5.50. The van der Waals surface area contributed by atoms with E-state index < -0.39 is 13.0 Å². The average molecular weight is 250 g/mol. The van der Waals surface area contributed by atoms with E-state index in [1.807, 2.05) is 0 Å². The van der Waals surface area contributed by atoms with Gasteiger partial charge < -0.3 is 15.4 Å². The molecule has 98 valence electrons. The van der Waals surface area contributed by atoms with Gasteiger partial charge in [0.25, 0.3) is 6.43 Å². The Morgan fingerprint density at radius 3 is 2.94 bits per heavy atom. The van der Waals surface area contributed by atoms with E-state index in [1.165, 1.54) is 0 Å². The highest BCUT2D eigenvalue weighted by atomic mass is 19.3. The van der Waals surface area contributed by atoms with Crippen molar-refractivity contribution in [3.8, 4) is 0 Å². The lowest BCUT2D eigenvalue weighted by Crippen LogP contribution is -2.43. The lowest BCUT2D eigenvalue weighted by molar-refractivity contribution is -0.129. The predicted octanol–water partition coefficient (Wildman–Crippen LogP) is -0.0895. The number of hydrogen-bond donors (Lipinski definition) is 2. The lowest BCUT2D eigenvalue weighted by Gasteiger charge is -2.21. The van der Waals surface area contributed by atoms with Gasteiger partial charge in [0, 0.05) is 19.5 Å². The molecule has 0 aromatic rings. The molecule has 0 aliphatic carbocycles. The molecule has 1 unspecified atom stereocenters. The van der Waals surface area contributed by atoms with Crippen LogP contribution in [-0.4, -0.2) is 44.5 Å². The molecule has 0 saturated carbocycles. The number of halogens is 2. The number of alkyl halides is 2. The van der Waals surface area contributed by atoms with Gasteiger partial charge in [0.05, 0.1) is 12.5 Å². The molecule has 1 aliphatic rings. The number of carbonyl (C=O) groups is 2. The number of rotatable bonds is 6. The maximum atomic E-state index is 11.7. The van der Waals surface area contributed by atoms with Crippen LogP contribution in [0.2, 0.25) is 0 Å². The highest BCUT2D eigenvalue weighted by molar-refractivity contribution is 5.83. The number of piperidine rings is 1. The third kappa shape index (κ3) is 5.58. The number of hydrogen-bond acceptors (Lipinski definition) is 3. The smallest absolute Gasteiger partial charge is 0.261 e. The molecule has 1 aliphatic heterocycles. The van der Waals surface area contributed by atoms with E-state index in [2.05, 4.69) is 15.4 Å². The van der Waals surface area contributed by atoms with E-state index >= 15 is 0 Å². The molecule has 0 spiro atoms. The van der Waals surface area contributed by atoms with Crippen LogP contribution in [0.3, 0.4) is 0 Å². The van der Waals surface area contributed by atoms with Crippen LogP contribution in [0.5, 0.6) is 0 Å². The lowest BCUT2D eigenvalue weighted by atomic mass is 9.98. The van der Waals surface area contributed by atoms with Crippen molar-refractivity contribution < 1.29 is 23.1 Å². The minimum Gasteiger partial charge on any atom is -0.374 e. The molecule has 1 fully saturated rings. The molecule has 2 N–H and O–H groups in total. The fraction of sp³-hybridized carbons (Fsp3) is 0.800. The van der Waals surface area contributed by atoms with E-state index in [0.717, 1.165) is 0 Å². The molecule has 1 rings (SSSR count). The van der Waals surface area contributed by atoms with Crippen LogP contribution in [0, 0.1) is 5.92 Å². The molecule has 17 heavy (non-hydrogen) atoms. The van der Waals surface area contributed by atoms with E-state index in [1.54, 1.807) is 0 Å². The van der Waals surface area contributed by atoms with Crippen LogP contribution < -0.4 is 10.6 Å². The number of amides is 2. The Labute approximate surface area is 97.9 Å². The van der Waals surface area contributed by atoms with Crippen molar-refractivity contribution in [3.63, 3.8) is 0 Å². The molecule has 0 aromatic carbocycles. The fourth-order valence-electron chi connectivity index (χ4n) is 1.52. The van der Waals surface area contributed by atoms with E-state index in [0.29, 0.717) is 19.4 Å². The van der Waals surface area contributed by atoms with Crippen molar-refractivity contribution in [2.45, 2.75) is 19.3 Å². The minimum absolute atomic E-state index is 0.0469. The quantitative estimate of drug-likeness (QED) is 0.647. The average Bonchev–Trinajstić information content (AvgIpc) is 2.29. The Morgan fingerprint density at radius 1 is 1.59 bits per heavy atom. The van der Waals surface area contributed by atoms with Gasteiger partial charge in [-0.05, 0) is 6.42 Å². The summed E-state index contributed by atoms with van der Waals surface area (Å²) in [5, 5.41) is 5.18. The largest absolute Gasteiger partial charge is 0.374 e. The van der Waals surface area contributed by atoms with Crippen molar-refractivity contribution in [1.82, 2.24) is 10.6 Å². The second kappa shape index (κ2) is 7.16. The summed E-state index contributed by atoms with van der Waals surface area (Å²) in [6, 6.07) is 0. The summed E-state index contributed by atoms with van der Waals surface area (Å²) in [6.07, 6.45) is -1.62. The SMILES string of the molecule is O=C1CCC(C(=O)NCCOCC(F)F)CN1. The third-order valence-corrected chi connectivity index (χ3v) is 2.43. The number of ether oxygens (including phenoxy) is 1. The first-order valence-electron chi connectivity index (χ1n) is 5.50. The molecule has 0 bridgehead atoms. The van der Waals surface area contributed by atoms with Gasteiger partial charge >= 0.3 is 0 Å². The van der Waals surface area contributed by atoms with Crippen molar-refractivity contribution in [3.05, 3.63) is 0 Å². The van der Waals surface area contributed by atoms with Crippen molar-refractivity contribution in [2.75, 3.05) is 26.3 Å². The van der Waals surface area contributed by atoms with Gasteiger partial charge in [-0.3, -0.25) is 9.59 Å². The fourth-order valence-corrected chi connectivity index (χ4v) is 1.52. The summed E-state index contributed by atoms with van der Waals surface area (Å²) in [6.45, 7) is -0.0108. The van der Waals surface area contributed by atoms with Crippen LogP contribution in [-0.2, 0) is 14.3 Å². The number of nitrogens with one attached hydrogen (secondary N) is 2. The molecular formula is C10H16F2N2O3. The normalized spacial score (nSPS) is 20.2. The summed E-state index contributed by atoms with van der Waals surface area (Å²) >= 11 is 0. The van der Waals surface area contributed by atoms with Crippen molar-refractivity contribution in [2.24, 2.45) is 5.92 Å². The van der Waals surface area contributed by atoms with Gasteiger partial charge in [-0.15, -0.1) is 0 Å². The minimum atomic E-state index is -2.49. The van der Waals surface area contributed by atoms with Crippen molar-refractivity contribution in [1.29, 1.82) is 0 Å². The maximum absolute atomic E-state index is 11.7. The van der Waals surface area contributed by atoms with Crippen LogP contribution in [0.4, 0.5) is 8.78 Å². The summed E-state index contributed by atoms with van der Waals surface area (Å²) in [5.74, 6) is -0.456. The first kappa shape index (κ1) is 13.8. The third-order valence-electron chi connectivity index (χ3n) is 2.43. The zero-order chi connectivity index (χ0) is 12.7. The second-order valence-electron chi connectivity index (χ2n) is 3.80. The Balaban J connectivity index is 2.06. The summed E-state index contributed by atoms with van der Waals surface area (Å²) < 4.78 is 28.0. The molecule has 0 aromatic heterocycles. The molecular weight excluding hydrogens is 234 g/mol. The predicted molar refractivity (Wildman–Crippen MR) is 55.6 cm³/mol. The summed E-state index contributed by atoms with van der Waals surface area (Å²) in [7, 11) is 0. The molecule has 0 radical (unpaired) electrons. The van der Waals surface area contributed by atoms with Gasteiger partial charge in [-0.1, -0.05) is 0 Å². The molecule has 1 heterocycles.